The minimum Gasteiger partial charge on any atom is -0.382 e. The van der Waals surface area contributed by atoms with E-state index in [1.807, 2.05) is 19.0 Å². The molecule has 0 aromatic carbocycles. The molecule has 4 heterocycles. The Morgan fingerprint density at radius 2 is 1.20 bits per heavy atom. The van der Waals surface area contributed by atoms with Gasteiger partial charge in [-0.3, -0.25) is 0 Å². The maximum Gasteiger partial charge on any atom is 0.224 e. The standard InChI is InChI=1S/C9H13N7.C7H7ClN6/c1-16(2)4-5-3-12-8-6(13-5)7(10)14-9(11)15-8;8-1-3-2-11-6-4(12-3)5(9)13-7(10)14-6/h3H,4H2,1-2H3,(H4,10,11,12,14,15);2H,1H2,(H4,9,10,11,13,14). The van der Waals surface area contributed by atoms with Crippen molar-refractivity contribution >= 4 is 57.5 Å². The molecule has 13 nitrogen and oxygen atoms in total. The lowest BCUT2D eigenvalue weighted by Gasteiger charge is -2.09. The van der Waals surface area contributed by atoms with Crippen LogP contribution in [0.5, 0.6) is 0 Å². The molecular weight excluding hydrogens is 410 g/mol. The first kappa shape index (κ1) is 21.0. The van der Waals surface area contributed by atoms with Crippen molar-refractivity contribution in [2.24, 2.45) is 0 Å². The zero-order chi connectivity index (χ0) is 21.8. The number of rotatable bonds is 3. The van der Waals surface area contributed by atoms with Crippen molar-refractivity contribution in [3.8, 4) is 0 Å². The zero-order valence-electron chi connectivity index (χ0n) is 16.3. The van der Waals surface area contributed by atoms with Gasteiger partial charge in [0.05, 0.1) is 29.7 Å². The van der Waals surface area contributed by atoms with E-state index in [-0.39, 0.29) is 29.4 Å². The molecule has 4 aromatic heterocycles. The summed E-state index contributed by atoms with van der Waals surface area (Å²) in [6.07, 6.45) is 3.19. The summed E-state index contributed by atoms with van der Waals surface area (Å²) < 4.78 is 0. The van der Waals surface area contributed by atoms with Gasteiger partial charge in [0.25, 0.3) is 0 Å². The van der Waals surface area contributed by atoms with Gasteiger partial charge in [-0.05, 0) is 14.1 Å². The van der Waals surface area contributed by atoms with Crippen LogP contribution in [0.2, 0.25) is 0 Å². The van der Waals surface area contributed by atoms with Gasteiger partial charge in [0.1, 0.15) is 0 Å². The number of nitrogens with zero attached hydrogens (tertiary/aromatic N) is 9. The third-order valence-corrected chi connectivity index (χ3v) is 3.89. The smallest absolute Gasteiger partial charge is 0.224 e. The summed E-state index contributed by atoms with van der Waals surface area (Å²) in [6.45, 7) is 0.687. The van der Waals surface area contributed by atoms with Crippen LogP contribution in [0.1, 0.15) is 11.4 Å². The van der Waals surface area contributed by atoms with Crippen LogP contribution < -0.4 is 22.9 Å². The molecule has 0 bridgehead atoms. The summed E-state index contributed by atoms with van der Waals surface area (Å²) in [5.74, 6) is 0.942. The predicted octanol–water partition coefficient (Wildman–Crippen LogP) is -0.0312. The summed E-state index contributed by atoms with van der Waals surface area (Å²) in [5.41, 5.74) is 25.3. The van der Waals surface area contributed by atoms with Crippen molar-refractivity contribution in [1.29, 1.82) is 0 Å². The van der Waals surface area contributed by atoms with E-state index in [0.29, 0.717) is 34.6 Å². The van der Waals surface area contributed by atoms with Crippen LogP contribution in [-0.4, -0.2) is 58.9 Å². The van der Waals surface area contributed by atoms with E-state index in [0.717, 1.165) is 5.69 Å². The van der Waals surface area contributed by atoms with Crippen molar-refractivity contribution in [2.45, 2.75) is 12.4 Å². The SMILES string of the molecule is CN(C)Cc1cnc2nc(N)nc(N)c2n1.Nc1nc(N)c2nc(CCl)cnc2n1. The number of hydrogen-bond acceptors (Lipinski definition) is 13. The molecule has 0 spiro atoms. The lowest BCUT2D eigenvalue weighted by Crippen LogP contribution is -2.13. The molecule has 0 aliphatic rings. The molecule has 0 saturated heterocycles. The van der Waals surface area contributed by atoms with Crippen molar-refractivity contribution in [3.05, 3.63) is 23.8 Å². The number of nitrogens with two attached hydrogens (primary N) is 4. The highest BCUT2D eigenvalue weighted by Crippen LogP contribution is 2.15. The van der Waals surface area contributed by atoms with Crippen LogP contribution in [0.4, 0.5) is 23.5 Å². The van der Waals surface area contributed by atoms with E-state index in [4.69, 9.17) is 34.5 Å². The number of alkyl halides is 1. The topological polar surface area (TPSA) is 210 Å². The number of nitrogen functional groups attached to an aromatic ring is 4. The van der Waals surface area contributed by atoms with Gasteiger partial charge in [-0.15, -0.1) is 11.6 Å². The second kappa shape index (κ2) is 8.75. The van der Waals surface area contributed by atoms with E-state index in [1.165, 1.54) is 6.20 Å². The van der Waals surface area contributed by atoms with Gasteiger partial charge in [-0.25, -0.2) is 19.9 Å². The molecule has 156 valence electrons. The molecule has 14 heteroatoms. The van der Waals surface area contributed by atoms with Crippen molar-refractivity contribution in [1.82, 2.24) is 44.8 Å². The minimum absolute atomic E-state index is 0.0860. The lowest BCUT2D eigenvalue weighted by molar-refractivity contribution is 0.397. The third-order valence-electron chi connectivity index (χ3n) is 3.62. The van der Waals surface area contributed by atoms with E-state index >= 15 is 0 Å². The molecule has 0 saturated carbocycles. The second-order valence-electron chi connectivity index (χ2n) is 6.37. The van der Waals surface area contributed by atoms with Gasteiger partial charge in [-0.2, -0.15) is 19.9 Å². The number of aromatic nitrogens is 8. The van der Waals surface area contributed by atoms with Crippen molar-refractivity contribution in [3.63, 3.8) is 0 Å². The molecule has 4 aromatic rings. The highest BCUT2D eigenvalue weighted by atomic mass is 35.5. The minimum atomic E-state index is 0.0860. The van der Waals surface area contributed by atoms with Crippen molar-refractivity contribution < 1.29 is 0 Å². The molecule has 0 unspecified atom stereocenters. The number of fused-ring (bicyclic) bond motifs is 2. The van der Waals surface area contributed by atoms with E-state index in [9.17, 15) is 0 Å². The quantitative estimate of drug-likeness (QED) is 0.315. The Bertz CT molecular complexity index is 1200. The fourth-order valence-electron chi connectivity index (χ4n) is 2.43. The fraction of sp³-hybridized carbons (Fsp3) is 0.250. The van der Waals surface area contributed by atoms with Gasteiger partial charge in [0, 0.05) is 6.54 Å². The molecule has 0 atom stereocenters. The highest BCUT2D eigenvalue weighted by Gasteiger charge is 2.08. The molecular formula is C16H20ClN13. The average Bonchev–Trinajstić information content (AvgIpc) is 2.68. The number of halogens is 1. The van der Waals surface area contributed by atoms with Gasteiger partial charge < -0.3 is 27.8 Å². The molecule has 30 heavy (non-hydrogen) atoms. The largest absolute Gasteiger partial charge is 0.382 e. The Hall–Kier alpha value is -3.71. The van der Waals surface area contributed by atoms with Crippen LogP contribution in [0.15, 0.2) is 12.4 Å². The Kier molecular flexibility index (Phi) is 6.13. The molecule has 0 aliphatic carbocycles. The third kappa shape index (κ3) is 4.82. The van der Waals surface area contributed by atoms with Crippen LogP contribution in [0.25, 0.3) is 22.3 Å². The average molecular weight is 430 g/mol. The van der Waals surface area contributed by atoms with E-state index < -0.39 is 0 Å². The fourth-order valence-corrected chi connectivity index (χ4v) is 2.56. The molecule has 0 radical (unpaired) electrons. The van der Waals surface area contributed by atoms with Crippen LogP contribution in [-0.2, 0) is 12.4 Å². The zero-order valence-corrected chi connectivity index (χ0v) is 17.0. The van der Waals surface area contributed by atoms with Gasteiger partial charge in [0.2, 0.25) is 11.9 Å². The van der Waals surface area contributed by atoms with Crippen molar-refractivity contribution in [2.75, 3.05) is 37.0 Å². The van der Waals surface area contributed by atoms with E-state index in [2.05, 4.69) is 39.9 Å². The maximum atomic E-state index is 5.71. The first-order chi connectivity index (χ1) is 14.3. The van der Waals surface area contributed by atoms with Crippen LogP contribution in [0, 0.1) is 0 Å². The first-order valence-corrected chi connectivity index (χ1v) is 9.10. The lowest BCUT2D eigenvalue weighted by atomic mass is 10.4. The van der Waals surface area contributed by atoms with Gasteiger partial charge in [0.15, 0.2) is 34.0 Å². The highest BCUT2D eigenvalue weighted by molar-refractivity contribution is 6.16. The Morgan fingerprint density at radius 1 is 0.733 bits per heavy atom. The normalized spacial score (nSPS) is 10.9. The first-order valence-electron chi connectivity index (χ1n) is 8.56. The van der Waals surface area contributed by atoms with Crippen LogP contribution in [0.3, 0.4) is 0 Å². The summed E-state index contributed by atoms with van der Waals surface area (Å²) >= 11 is 5.60. The Labute approximate surface area is 175 Å². The summed E-state index contributed by atoms with van der Waals surface area (Å²) in [7, 11) is 3.91. The summed E-state index contributed by atoms with van der Waals surface area (Å²) in [5, 5.41) is 0. The maximum absolute atomic E-state index is 5.71. The Balaban J connectivity index is 0.000000172. The number of anilines is 4. The van der Waals surface area contributed by atoms with Crippen LogP contribution >= 0.6 is 11.6 Å². The molecule has 0 fully saturated rings. The monoisotopic (exact) mass is 429 g/mol. The number of hydrogen-bond donors (Lipinski definition) is 4. The molecule has 0 aliphatic heterocycles. The van der Waals surface area contributed by atoms with E-state index in [1.54, 1.807) is 6.20 Å². The second-order valence-corrected chi connectivity index (χ2v) is 6.64. The summed E-state index contributed by atoms with van der Waals surface area (Å²) in [4.78, 5) is 34.1. The molecule has 8 N–H and O–H groups in total. The van der Waals surface area contributed by atoms with Gasteiger partial charge >= 0.3 is 0 Å². The molecule has 4 rings (SSSR count). The van der Waals surface area contributed by atoms with Gasteiger partial charge in [-0.1, -0.05) is 0 Å². The predicted molar refractivity (Wildman–Crippen MR) is 115 cm³/mol. The summed E-state index contributed by atoms with van der Waals surface area (Å²) in [6, 6.07) is 0. The Morgan fingerprint density at radius 3 is 1.67 bits per heavy atom. The molecule has 0 amide bonds.